The molecule has 0 fully saturated rings. The summed E-state index contributed by atoms with van der Waals surface area (Å²) in [4.78, 5) is 28.8. The van der Waals surface area contributed by atoms with Crippen molar-refractivity contribution in [2.75, 3.05) is 17.5 Å². The number of aryl methyl sites for hydroxylation is 1. The number of halogens is 1. The first kappa shape index (κ1) is 32.6. The smallest absolute Gasteiger partial charge is 0.264 e. The minimum absolute atomic E-state index is 0.0604. The molecule has 0 saturated heterocycles. The van der Waals surface area contributed by atoms with Gasteiger partial charge in [0, 0.05) is 12.6 Å². The molecule has 8 nitrogen and oxygen atoms in total. The Kier molecular flexibility index (Phi) is 11.5. The van der Waals surface area contributed by atoms with E-state index in [0.29, 0.717) is 25.2 Å². The number of amides is 2. The standard InChI is InChI=1S/C32H40FN3O5S/c1-6-24(5)34-32(38)30(7-2)35(21-25-11-9-23(4)10-12-25)31(37)22-36(27-15-13-26(33)14-16-27)42(39,40)29-19-17-28(18-20-29)41-8-3/h9-20,24,30H,6-8,21-22H2,1-5H3,(H,34,38)/t24-,30+/m1/s1. The molecule has 2 atom stereocenters. The molecule has 0 heterocycles. The van der Waals surface area contributed by atoms with Crippen LogP contribution in [-0.2, 0) is 26.2 Å². The number of benzene rings is 3. The average molecular weight is 598 g/mol. The molecule has 0 aromatic heterocycles. The lowest BCUT2D eigenvalue weighted by molar-refractivity contribution is -0.140. The van der Waals surface area contributed by atoms with Crippen molar-refractivity contribution in [1.29, 1.82) is 0 Å². The second kappa shape index (κ2) is 14.8. The van der Waals surface area contributed by atoms with Gasteiger partial charge in [0.05, 0.1) is 17.2 Å². The van der Waals surface area contributed by atoms with Crippen LogP contribution in [0.25, 0.3) is 0 Å². The second-order valence-corrected chi connectivity index (χ2v) is 12.0. The van der Waals surface area contributed by atoms with E-state index in [1.165, 1.54) is 41.3 Å². The molecule has 0 saturated carbocycles. The summed E-state index contributed by atoms with van der Waals surface area (Å²) in [6, 6.07) is 17.4. The highest BCUT2D eigenvalue weighted by atomic mass is 32.2. The fourth-order valence-corrected chi connectivity index (χ4v) is 5.80. The molecule has 1 N–H and O–H groups in total. The van der Waals surface area contributed by atoms with Crippen LogP contribution in [0.3, 0.4) is 0 Å². The molecule has 2 amide bonds. The van der Waals surface area contributed by atoms with Gasteiger partial charge in [-0.2, -0.15) is 0 Å². The van der Waals surface area contributed by atoms with Crippen LogP contribution in [0.15, 0.2) is 77.7 Å². The lowest BCUT2D eigenvalue weighted by Gasteiger charge is -2.33. The van der Waals surface area contributed by atoms with Crippen LogP contribution in [0, 0.1) is 12.7 Å². The number of ether oxygens (including phenoxy) is 1. The van der Waals surface area contributed by atoms with E-state index >= 15 is 0 Å². The van der Waals surface area contributed by atoms with Gasteiger partial charge in [-0.3, -0.25) is 13.9 Å². The fourth-order valence-electron chi connectivity index (χ4n) is 4.39. The largest absolute Gasteiger partial charge is 0.494 e. The van der Waals surface area contributed by atoms with Crippen LogP contribution in [-0.4, -0.2) is 50.4 Å². The first-order valence-corrected chi connectivity index (χ1v) is 15.6. The molecule has 3 aromatic rings. The lowest BCUT2D eigenvalue weighted by atomic mass is 10.1. The fraction of sp³-hybridized carbons (Fsp3) is 0.375. The van der Waals surface area contributed by atoms with Crippen molar-refractivity contribution in [3.05, 3.63) is 89.7 Å². The summed E-state index contributed by atoms with van der Waals surface area (Å²) < 4.78 is 48.1. The van der Waals surface area contributed by atoms with Crippen LogP contribution in [0.1, 0.15) is 51.7 Å². The topological polar surface area (TPSA) is 96.0 Å². The summed E-state index contributed by atoms with van der Waals surface area (Å²) in [6.07, 6.45) is 1.04. The highest BCUT2D eigenvalue weighted by molar-refractivity contribution is 7.92. The normalized spacial score (nSPS) is 12.7. The predicted octanol–water partition coefficient (Wildman–Crippen LogP) is 5.45. The Morgan fingerprint density at radius 2 is 1.52 bits per heavy atom. The minimum Gasteiger partial charge on any atom is -0.494 e. The number of rotatable bonds is 14. The van der Waals surface area contributed by atoms with E-state index in [0.717, 1.165) is 27.6 Å². The third kappa shape index (κ3) is 8.31. The maximum atomic E-state index is 14.1. The molecule has 3 rings (SSSR count). The van der Waals surface area contributed by atoms with Crippen LogP contribution < -0.4 is 14.4 Å². The lowest BCUT2D eigenvalue weighted by Crippen LogP contribution is -2.53. The van der Waals surface area contributed by atoms with Crippen molar-refractivity contribution in [1.82, 2.24) is 10.2 Å². The molecule has 0 aliphatic carbocycles. The van der Waals surface area contributed by atoms with E-state index in [2.05, 4.69) is 5.32 Å². The monoisotopic (exact) mass is 597 g/mol. The van der Waals surface area contributed by atoms with Crippen molar-refractivity contribution in [2.24, 2.45) is 0 Å². The van der Waals surface area contributed by atoms with Crippen LogP contribution >= 0.6 is 0 Å². The Bertz CT molecular complexity index is 1430. The number of hydrogen-bond acceptors (Lipinski definition) is 5. The number of carbonyl (C=O) groups is 2. The zero-order chi connectivity index (χ0) is 30.9. The molecule has 3 aromatic carbocycles. The number of nitrogens with one attached hydrogen (secondary N) is 1. The molecule has 0 aliphatic rings. The number of carbonyl (C=O) groups excluding carboxylic acids is 2. The van der Waals surface area contributed by atoms with Gasteiger partial charge in [0.1, 0.15) is 24.2 Å². The predicted molar refractivity (Wildman–Crippen MR) is 162 cm³/mol. The molecule has 0 radical (unpaired) electrons. The van der Waals surface area contributed by atoms with E-state index in [1.54, 1.807) is 0 Å². The molecular formula is C32H40FN3O5S. The molecule has 226 valence electrons. The SMILES string of the molecule is CCOc1ccc(S(=O)(=O)N(CC(=O)N(Cc2ccc(C)cc2)[C@@H](CC)C(=O)N[C@H](C)CC)c2ccc(F)cc2)cc1. The molecule has 0 bridgehead atoms. The Balaban J connectivity index is 2.04. The van der Waals surface area contributed by atoms with E-state index in [4.69, 9.17) is 4.74 Å². The summed E-state index contributed by atoms with van der Waals surface area (Å²) >= 11 is 0. The van der Waals surface area contributed by atoms with Crippen molar-refractivity contribution in [2.45, 2.75) is 71.0 Å². The molecule has 0 spiro atoms. The number of anilines is 1. The minimum atomic E-state index is -4.27. The van der Waals surface area contributed by atoms with Gasteiger partial charge in [0.25, 0.3) is 10.0 Å². The Morgan fingerprint density at radius 3 is 2.07 bits per heavy atom. The quantitative estimate of drug-likeness (QED) is 0.267. The van der Waals surface area contributed by atoms with E-state index < -0.39 is 34.3 Å². The summed E-state index contributed by atoms with van der Waals surface area (Å²) in [5.41, 5.74) is 1.96. The van der Waals surface area contributed by atoms with E-state index in [9.17, 15) is 22.4 Å². The molecular weight excluding hydrogens is 557 g/mol. The van der Waals surface area contributed by atoms with Gasteiger partial charge < -0.3 is 15.0 Å². The summed E-state index contributed by atoms with van der Waals surface area (Å²) in [5, 5.41) is 2.96. The number of hydrogen-bond donors (Lipinski definition) is 1. The van der Waals surface area contributed by atoms with Crippen LogP contribution in [0.5, 0.6) is 5.75 Å². The van der Waals surface area contributed by atoms with Gasteiger partial charge in [0.2, 0.25) is 11.8 Å². The summed E-state index contributed by atoms with van der Waals surface area (Å²) in [6.45, 7) is 9.35. The second-order valence-electron chi connectivity index (χ2n) is 10.1. The van der Waals surface area contributed by atoms with Crippen molar-refractivity contribution < 1.29 is 27.1 Å². The third-order valence-electron chi connectivity index (χ3n) is 6.98. The van der Waals surface area contributed by atoms with Crippen molar-refractivity contribution >= 4 is 27.5 Å². The van der Waals surface area contributed by atoms with Crippen LogP contribution in [0.4, 0.5) is 10.1 Å². The van der Waals surface area contributed by atoms with E-state index in [1.807, 2.05) is 58.9 Å². The molecule has 0 unspecified atom stereocenters. The highest BCUT2D eigenvalue weighted by Crippen LogP contribution is 2.26. The number of sulfonamides is 1. The average Bonchev–Trinajstić information content (AvgIpc) is 2.97. The summed E-state index contributed by atoms with van der Waals surface area (Å²) in [5.74, 6) is -0.920. The first-order valence-electron chi connectivity index (χ1n) is 14.2. The van der Waals surface area contributed by atoms with Gasteiger partial charge in [-0.1, -0.05) is 43.7 Å². The van der Waals surface area contributed by atoms with Gasteiger partial charge in [0.15, 0.2) is 0 Å². The zero-order valence-electron chi connectivity index (χ0n) is 24.8. The van der Waals surface area contributed by atoms with Gasteiger partial charge in [-0.05, 0) is 87.7 Å². The van der Waals surface area contributed by atoms with Gasteiger partial charge in [-0.15, -0.1) is 0 Å². The number of nitrogens with zero attached hydrogens (tertiary/aromatic N) is 2. The summed E-state index contributed by atoms with van der Waals surface area (Å²) in [7, 11) is -4.27. The van der Waals surface area contributed by atoms with Gasteiger partial charge in [-0.25, -0.2) is 12.8 Å². The van der Waals surface area contributed by atoms with Crippen molar-refractivity contribution in [3.63, 3.8) is 0 Å². The Labute approximate surface area is 248 Å². The Hall–Kier alpha value is -3.92. The zero-order valence-corrected chi connectivity index (χ0v) is 25.7. The maximum absolute atomic E-state index is 14.1. The molecule has 10 heteroatoms. The van der Waals surface area contributed by atoms with Gasteiger partial charge >= 0.3 is 0 Å². The third-order valence-corrected chi connectivity index (χ3v) is 8.76. The highest BCUT2D eigenvalue weighted by Gasteiger charge is 2.34. The van der Waals surface area contributed by atoms with E-state index in [-0.39, 0.29) is 29.1 Å². The maximum Gasteiger partial charge on any atom is 0.264 e. The molecule has 0 aliphatic heterocycles. The van der Waals surface area contributed by atoms with Crippen molar-refractivity contribution in [3.8, 4) is 5.75 Å². The molecule has 42 heavy (non-hydrogen) atoms. The van der Waals surface area contributed by atoms with Crippen LogP contribution in [0.2, 0.25) is 0 Å². The Morgan fingerprint density at radius 1 is 0.905 bits per heavy atom. The first-order chi connectivity index (χ1) is 20.0.